The third kappa shape index (κ3) is 4.21. The number of hydrogen-bond acceptors (Lipinski definition) is 3. The average Bonchev–Trinajstić information content (AvgIpc) is 2.19. The van der Waals surface area contributed by atoms with Crippen molar-refractivity contribution in [2.75, 3.05) is 6.61 Å². The van der Waals surface area contributed by atoms with Crippen LogP contribution in [0.3, 0.4) is 0 Å². The van der Waals surface area contributed by atoms with Gasteiger partial charge in [0.1, 0.15) is 5.82 Å². The van der Waals surface area contributed by atoms with Gasteiger partial charge in [0, 0.05) is 0 Å². The maximum atomic E-state index is 12.5. The Morgan fingerprint density at radius 2 is 1.87 bits per heavy atom. The number of carbonyl (C=O) groups is 2. The molecule has 0 bridgehead atoms. The molecule has 15 heavy (non-hydrogen) atoms. The lowest BCUT2D eigenvalue weighted by Crippen LogP contribution is -2.21. The van der Waals surface area contributed by atoms with Crippen LogP contribution < -0.4 is 5.73 Å². The van der Waals surface area contributed by atoms with E-state index in [-0.39, 0.29) is 12.2 Å². The molecule has 0 aromatic heterocycles. The Hall–Kier alpha value is -1.91. The summed E-state index contributed by atoms with van der Waals surface area (Å²) in [5, 5.41) is 0. The summed E-state index contributed by atoms with van der Waals surface area (Å²) in [5.74, 6) is -1.65. The van der Waals surface area contributed by atoms with Crippen molar-refractivity contribution < 1.29 is 18.7 Å². The van der Waals surface area contributed by atoms with Gasteiger partial charge in [0.15, 0.2) is 6.61 Å². The van der Waals surface area contributed by atoms with Crippen molar-refractivity contribution in [3.05, 3.63) is 35.6 Å². The molecule has 0 radical (unpaired) electrons. The number of rotatable bonds is 4. The van der Waals surface area contributed by atoms with Crippen molar-refractivity contribution in [3.8, 4) is 0 Å². The molecule has 1 aromatic rings. The van der Waals surface area contributed by atoms with Gasteiger partial charge in [-0.1, -0.05) is 12.1 Å². The van der Waals surface area contributed by atoms with E-state index in [1.54, 1.807) is 0 Å². The largest absolute Gasteiger partial charge is 0.455 e. The first-order chi connectivity index (χ1) is 7.08. The second kappa shape index (κ2) is 5.09. The molecule has 0 saturated heterocycles. The van der Waals surface area contributed by atoms with Gasteiger partial charge in [-0.05, 0) is 17.7 Å². The van der Waals surface area contributed by atoms with Crippen molar-refractivity contribution in [1.29, 1.82) is 0 Å². The molecule has 0 unspecified atom stereocenters. The summed E-state index contributed by atoms with van der Waals surface area (Å²) in [6, 6.07) is 5.44. The maximum Gasteiger partial charge on any atom is 0.310 e. The molecular formula is C10H10FNO3. The minimum atomic E-state index is -0.706. The Bertz CT molecular complexity index is 361. The maximum absolute atomic E-state index is 12.5. The minimum absolute atomic E-state index is 0.00639. The van der Waals surface area contributed by atoms with Crippen molar-refractivity contribution in [2.45, 2.75) is 6.42 Å². The molecular weight excluding hydrogens is 201 g/mol. The second-order valence-corrected chi connectivity index (χ2v) is 2.93. The van der Waals surface area contributed by atoms with E-state index >= 15 is 0 Å². The van der Waals surface area contributed by atoms with Gasteiger partial charge in [0.05, 0.1) is 6.42 Å². The summed E-state index contributed by atoms with van der Waals surface area (Å²) < 4.78 is 17.0. The van der Waals surface area contributed by atoms with E-state index in [1.165, 1.54) is 24.3 Å². The summed E-state index contributed by atoms with van der Waals surface area (Å²) in [6.07, 6.45) is -0.00639. The minimum Gasteiger partial charge on any atom is -0.455 e. The van der Waals surface area contributed by atoms with Crippen LogP contribution >= 0.6 is 0 Å². The van der Waals surface area contributed by atoms with Gasteiger partial charge < -0.3 is 10.5 Å². The number of benzene rings is 1. The highest BCUT2D eigenvalue weighted by atomic mass is 19.1. The molecule has 1 aromatic carbocycles. The Kier molecular flexibility index (Phi) is 3.79. The molecule has 0 saturated carbocycles. The number of ether oxygens (including phenoxy) is 1. The molecule has 5 heteroatoms. The SMILES string of the molecule is NC(=O)COC(=O)Cc1ccc(F)cc1. The van der Waals surface area contributed by atoms with Crippen molar-refractivity contribution in [2.24, 2.45) is 5.73 Å². The number of amides is 1. The quantitative estimate of drug-likeness (QED) is 0.733. The summed E-state index contributed by atoms with van der Waals surface area (Å²) >= 11 is 0. The average molecular weight is 211 g/mol. The van der Waals surface area contributed by atoms with Gasteiger partial charge in [-0.3, -0.25) is 9.59 Å². The topological polar surface area (TPSA) is 69.4 Å². The van der Waals surface area contributed by atoms with E-state index < -0.39 is 18.5 Å². The molecule has 0 spiro atoms. The third-order valence-electron chi connectivity index (χ3n) is 1.64. The fraction of sp³-hybridized carbons (Fsp3) is 0.200. The molecule has 80 valence electrons. The van der Waals surface area contributed by atoms with Crippen LogP contribution in [-0.4, -0.2) is 18.5 Å². The molecule has 2 N–H and O–H groups in total. The van der Waals surface area contributed by atoms with E-state index in [2.05, 4.69) is 4.74 Å². The smallest absolute Gasteiger partial charge is 0.310 e. The lowest BCUT2D eigenvalue weighted by molar-refractivity contribution is -0.147. The summed E-state index contributed by atoms with van der Waals surface area (Å²) in [5.41, 5.74) is 5.40. The molecule has 1 rings (SSSR count). The van der Waals surface area contributed by atoms with E-state index in [0.29, 0.717) is 5.56 Å². The monoisotopic (exact) mass is 211 g/mol. The molecule has 1 amide bonds. The first kappa shape index (κ1) is 11.2. The zero-order valence-corrected chi connectivity index (χ0v) is 7.90. The fourth-order valence-electron chi connectivity index (χ4n) is 0.972. The highest BCUT2D eigenvalue weighted by molar-refractivity contribution is 5.79. The number of hydrogen-bond donors (Lipinski definition) is 1. The van der Waals surface area contributed by atoms with Crippen molar-refractivity contribution >= 4 is 11.9 Å². The number of halogens is 1. The summed E-state index contributed by atoms with van der Waals surface area (Å²) in [4.78, 5) is 21.4. The Morgan fingerprint density at radius 1 is 1.27 bits per heavy atom. The van der Waals surface area contributed by atoms with Crippen LogP contribution in [0.1, 0.15) is 5.56 Å². The molecule has 0 atom stereocenters. The third-order valence-corrected chi connectivity index (χ3v) is 1.64. The second-order valence-electron chi connectivity index (χ2n) is 2.93. The summed E-state index contributed by atoms with van der Waals surface area (Å²) in [7, 11) is 0. The van der Waals surface area contributed by atoms with Gasteiger partial charge in [0.25, 0.3) is 5.91 Å². The number of esters is 1. The van der Waals surface area contributed by atoms with Crippen LogP contribution in [0.25, 0.3) is 0 Å². The van der Waals surface area contributed by atoms with Crippen LogP contribution in [0.5, 0.6) is 0 Å². The lowest BCUT2D eigenvalue weighted by Gasteiger charge is -2.02. The van der Waals surface area contributed by atoms with Crippen LogP contribution in [0.2, 0.25) is 0 Å². The predicted octanol–water partition coefficient (Wildman–Crippen LogP) is 0.397. The molecule has 4 nitrogen and oxygen atoms in total. The molecule has 0 fully saturated rings. The molecule has 0 heterocycles. The number of nitrogens with two attached hydrogens (primary N) is 1. The highest BCUT2D eigenvalue weighted by Gasteiger charge is 2.06. The zero-order chi connectivity index (χ0) is 11.3. The molecule has 0 aliphatic heterocycles. The first-order valence-corrected chi connectivity index (χ1v) is 4.26. The van der Waals surface area contributed by atoms with Gasteiger partial charge in [-0.25, -0.2) is 4.39 Å². The van der Waals surface area contributed by atoms with E-state index in [1.807, 2.05) is 0 Å². The van der Waals surface area contributed by atoms with E-state index in [4.69, 9.17) is 5.73 Å². The number of carbonyl (C=O) groups excluding carboxylic acids is 2. The molecule has 0 aliphatic carbocycles. The van der Waals surface area contributed by atoms with Crippen LogP contribution in [0.4, 0.5) is 4.39 Å². The van der Waals surface area contributed by atoms with Crippen LogP contribution in [0.15, 0.2) is 24.3 Å². The van der Waals surface area contributed by atoms with E-state index in [9.17, 15) is 14.0 Å². The first-order valence-electron chi connectivity index (χ1n) is 4.26. The summed E-state index contributed by atoms with van der Waals surface area (Å²) in [6.45, 7) is -0.431. The molecule has 0 aliphatic rings. The van der Waals surface area contributed by atoms with Gasteiger partial charge >= 0.3 is 5.97 Å². The fourth-order valence-corrected chi connectivity index (χ4v) is 0.972. The van der Waals surface area contributed by atoms with Gasteiger partial charge in [0.2, 0.25) is 0 Å². The number of primary amides is 1. The van der Waals surface area contributed by atoms with Gasteiger partial charge in [-0.15, -0.1) is 0 Å². The Balaban J connectivity index is 2.44. The van der Waals surface area contributed by atoms with Crippen LogP contribution in [-0.2, 0) is 20.7 Å². The Morgan fingerprint density at radius 3 is 2.40 bits per heavy atom. The van der Waals surface area contributed by atoms with Crippen LogP contribution in [0, 0.1) is 5.82 Å². The predicted molar refractivity (Wildman–Crippen MR) is 50.3 cm³/mol. The lowest BCUT2D eigenvalue weighted by atomic mass is 10.1. The standard InChI is InChI=1S/C10H10FNO3/c11-8-3-1-7(2-4-8)5-10(14)15-6-9(12)13/h1-4H,5-6H2,(H2,12,13). The van der Waals surface area contributed by atoms with Crippen molar-refractivity contribution in [3.63, 3.8) is 0 Å². The Labute approximate surface area is 85.8 Å². The van der Waals surface area contributed by atoms with E-state index in [0.717, 1.165) is 0 Å². The normalized spacial score (nSPS) is 9.67. The van der Waals surface area contributed by atoms with Crippen molar-refractivity contribution in [1.82, 2.24) is 0 Å². The zero-order valence-electron chi connectivity index (χ0n) is 7.90. The van der Waals surface area contributed by atoms with Gasteiger partial charge in [-0.2, -0.15) is 0 Å². The highest BCUT2D eigenvalue weighted by Crippen LogP contribution is 2.04.